The van der Waals surface area contributed by atoms with Gasteiger partial charge in [0.25, 0.3) is 5.91 Å². The third-order valence-electron chi connectivity index (χ3n) is 4.83. The van der Waals surface area contributed by atoms with E-state index in [-0.39, 0.29) is 35.6 Å². The lowest BCUT2D eigenvalue weighted by Crippen LogP contribution is -2.50. The van der Waals surface area contributed by atoms with Crippen molar-refractivity contribution in [1.82, 2.24) is 10.2 Å². The molecule has 0 aliphatic heterocycles. The summed E-state index contributed by atoms with van der Waals surface area (Å²) in [5, 5.41) is 13.6. The van der Waals surface area contributed by atoms with Crippen LogP contribution in [-0.2, 0) is 16.0 Å². The fraction of sp³-hybridized carbons (Fsp3) is 0.364. The maximum atomic E-state index is 13.0. The molecule has 0 saturated heterocycles. The molecule has 0 aromatic heterocycles. The van der Waals surface area contributed by atoms with Crippen molar-refractivity contribution in [1.29, 1.82) is 0 Å². The van der Waals surface area contributed by atoms with Gasteiger partial charge in [0, 0.05) is 25.7 Å². The van der Waals surface area contributed by atoms with Gasteiger partial charge in [0.15, 0.2) is 6.61 Å². The van der Waals surface area contributed by atoms with Crippen molar-refractivity contribution in [3.8, 4) is 11.5 Å². The smallest absolute Gasteiger partial charge is 0.311 e. The average molecular weight is 429 g/mol. The van der Waals surface area contributed by atoms with Gasteiger partial charge >= 0.3 is 5.69 Å². The number of likely N-dealkylation sites (N-methyl/N-ethyl adjacent to an activating group) is 1. The summed E-state index contributed by atoms with van der Waals surface area (Å²) in [6.45, 7) is 1.87. The van der Waals surface area contributed by atoms with Crippen molar-refractivity contribution < 1.29 is 24.0 Å². The fourth-order valence-corrected chi connectivity index (χ4v) is 3.19. The number of nitrogens with zero attached hydrogens (tertiary/aromatic N) is 2. The van der Waals surface area contributed by atoms with E-state index in [0.29, 0.717) is 19.4 Å². The lowest BCUT2D eigenvalue weighted by molar-refractivity contribution is -0.385. The monoisotopic (exact) mass is 429 g/mol. The lowest BCUT2D eigenvalue weighted by Gasteiger charge is -2.30. The quantitative estimate of drug-likeness (QED) is 0.434. The standard InChI is InChI=1S/C22H27N3O6/c1-4-18(22(27)23-2)24(13-12-16-8-6-5-7-9-16)21(26)15-31-17-10-11-19(25(28)29)20(14-17)30-3/h5-11,14,18H,4,12-13,15H2,1-3H3,(H,23,27). The van der Waals surface area contributed by atoms with Gasteiger partial charge in [-0.3, -0.25) is 19.7 Å². The van der Waals surface area contributed by atoms with E-state index in [1.807, 2.05) is 37.3 Å². The molecule has 1 atom stereocenters. The Labute approximate surface area is 181 Å². The summed E-state index contributed by atoms with van der Waals surface area (Å²) >= 11 is 0. The molecule has 0 heterocycles. The van der Waals surface area contributed by atoms with Gasteiger partial charge in [-0.1, -0.05) is 37.3 Å². The van der Waals surface area contributed by atoms with E-state index in [0.717, 1.165) is 5.56 Å². The molecule has 0 aliphatic rings. The Bertz CT molecular complexity index is 903. The third-order valence-corrected chi connectivity index (χ3v) is 4.83. The Morgan fingerprint density at radius 3 is 2.48 bits per heavy atom. The molecule has 1 N–H and O–H groups in total. The van der Waals surface area contributed by atoms with Gasteiger partial charge < -0.3 is 19.7 Å². The second-order valence-electron chi connectivity index (χ2n) is 6.74. The zero-order chi connectivity index (χ0) is 22.8. The maximum Gasteiger partial charge on any atom is 0.311 e. The number of benzene rings is 2. The predicted octanol–water partition coefficient (Wildman–Crippen LogP) is 2.58. The van der Waals surface area contributed by atoms with Gasteiger partial charge in [-0.15, -0.1) is 0 Å². The van der Waals surface area contributed by atoms with E-state index in [4.69, 9.17) is 9.47 Å². The van der Waals surface area contributed by atoms with Gasteiger partial charge in [0.1, 0.15) is 11.8 Å². The first-order valence-corrected chi connectivity index (χ1v) is 9.91. The van der Waals surface area contributed by atoms with E-state index in [1.165, 1.54) is 37.3 Å². The van der Waals surface area contributed by atoms with Crippen molar-refractivity contribution >= 4 is 17.5 Å². The summed E-state index contributed by atoms with van der Waals surface area (Å²) < 4.78 is 10.6. The number of ether oxygens (including phenoxy) is 2. The molecule has 2 aromatic rings. The second-order valence-corrected chi connectivity index (χ2v) is 6.74. The minimum absolute atomic E-state index is 0.0349. The van der Waals surface area contributed by atoms with Crippen molar-refractivity contribution in [3.05, 3.63) is 64.2 Å². The zero-order valence-corrected chi connectivity index (χ0v) is 17.9. The van der Waals surface area contributed by atoms with Crippen LogP contribution in [0.2, 0.25) is 0 Å². The SMILES string of the molecule is CCC(C(=O)NC)N(CCc1ccccc1)C(=O)COc1ccc([N+](=O)[O-])c(OC)c1. The summed E-state index contributed by atoms with van der Waals surface area (Å²) in [6, 6.07) is 13.1. The summed E-state index contributed by atoms with van der Waals surface area (Å²) in [6.07, 6.45) is 1.04. The lowest BCUT2D eigenvalue weighted by atomic mass is 10.1. The molecule has 0 radical (unpaired) electrons. The number of amides is 2. The highest BCUT2D eigenvalue weighted by Crippen LogP contribution is 2.30. The van der Waals surface area contributed by atoms with Crippen LogP contribution in [0.25, 0.3) is 0 Å². The summed E-state index contributed by atoms with van der Waals surface area (Å²) in [5.41, 5.74) is 0.851. The number of nitrogens with one attached hydrogen (secondary N) is 1. The maximum absolute atomic E-state index is 13.0. The van der Waals surface area contributed by atoms with Crippen LogP contribution in [0.1, 0.15) is 18.9 Å². The Morgan fingerprint density at radius 2 is 1.90 bits per heavy atom. The number of nitro groups is 1. The molecule has 0 saturated carbocycles. The number of hydrogen-bond donors (Lipinski definition) is 1. The van der Waals surface area contributed by atoms with Gasteiger partial charge in [0.05, 0.1) is 12.0 Å². The first kappa shape index (κ1) is 23.7. The minimum atomic E-state index is -0.629. The van der Waals surface area contributed by atoms with Crippen molar-refractivity contribution in [3.63, 3.8) is 0 Å². The summed E-state index contributed by atoms with van der Waals surface area (Å²) in [5.74, 6) is -0.316. The first-order valence-electron chi connectivity index (χ1n) is 9.91. The molecule has 31 heavy (non-hydrogen) atoms. The zero-order valence-electron chi connectivity index (χ0n) is 17.9. The largest absolute Gasteiger partial charge is 0.490 e. The molecule has 2 rings (SSSR count). The van der Waals surface area contributed by atoms with Crippen molar-refractivity contribution in [2.75, 3.05) is 27.3 Å². The van der Waals surface area contributed by atoms with E-state index < -0.39 is 11.0 Å². The highest BCUT2D eigenvalue weighted by Gasteiger charge is 2.28. The number of methoxy groups -OCH3 is 1. The average Bonchev–Trinajstić information content (AvgIpc) is 2.79. The molecule has 0 spiro atoms. The van der Waals surface area contributed by atoms with Gasteiger partial charge in [-0.25, -0.2) is 0 Å². The Hall–Kier alpha value is -3.62. The number of rotatable bonds is 11. The summed E-state index contributed by atoms with van der Waals surface area (Å²) in [7, 11) is 2.85. The van der Waals surface area contributed by atoms with Crippen LogP contribution in [-0.4, -0.2) is 55.0 Å². The van der Waals surface area contributed by atoms with E-state index in [2.05, 4.69) is 5.32 Å². The van der Waals surface area contributed by atoms with E-state index >= 15 is 0 Å². The minimum Gasteiger partial charge on any atom is -0.490 e. The molecule has 0 bridgehead atoms. The molecule has 9 heteroatoms. The van der Waals surface area contributed by atoms with Crippen LogP contribution in [0.5, 0.6) is 11.5 Å². The number of carbonyl (C=O) groups is 2. The highest BCUT2D eigenvalue weighted by atomic mass is 16.6. The van der Waals surface area contributed by atoms with Crippen molar-refractivity contribution in [2.45, 2.75) is 25.8 Å². The topological polar surface area (TPSA) is 111 Å². The van der Waals surface area contributed by atoms with Crippen LogP contribution in [0.15, 0.2) is 48.5 Å². The summed E-state index contributed by atoms with van der Waals surface area (Å²) in [4.78, 5) is 37.3. The van der Waals surface area contributed by atoms with E-state index in [9.17, 15) is 19.7 Å². The van der Waals surface area contributed by atoms with E-state index in [1.54, 1.807) is 0 Å². The first-order chi connectivity index (χ1) is 14.9. The number of carbonyl (C=O) groups excluding carboxylic acids is 2. The molecule has 9 nitrogen and oxygen atoms in total. The van der Waals surface area contributed by atoms with Crippen LogP contribution in [0, 0.1) is 10.1 Å². The Balaban J connectivity index is 2.14. The third kappa shape index (κ3) is 6.43. The van der Waals surface area contributed by atoms with Crippen LogP contribution in [0.3, 0.4) is 0 Å². The van der Waals surface area contributed by atoms with Crippen LogP contribution < -0.4 is 14.8 Å². The van der Waals surface area contributed by atoms with Crippen LogP contribution in [0.4, 0.5) is 5.69 Å². The number of hydrogen-bond acceptors (Lipinski definition) is 6. The van der Waals surface area contributed by atoms with Gasteiger partial charge in [0.2, 0.25) is 11.7 Å². The highest BCUT2D eigenvalue weighted by molar-refractivity contribution is 5.88. The van der Waals surface area contributed by atoms with Gasteiger partial charge in [-0.05, 0) is 24.5 Å². The van der Waals surface area contributed by atoms with Crippen molar-refractivity contribution in [2.24, 2.45) is 0 Å². The van der Waals surface area contributed by atoms with Gasteiger partial charge in [-0.2, -0.15) is 0 Å². The molecule has 0 aliphatic carbocycles. The molecule has 2 amide bonds. The Kier molecular flexibility index (Phi) is 8.80. The fourth-order valence-electron chi connectivity index (χ4n) is 3.19. The molecule has 166 valence electrons. The second kappa shape index (κ2) is 11.5. The number of nitro benzene ring substituents is 1. The molecule has 1 unspecified atom stereocenters. The molecule has 0 fully saturated rings. The normalized spacial score (nSPS) is 11.3. The Morgan fingerprint density at radius 1 is 1.19 bits per heavy atom. The van der Waals surface area contributed by atoms with Crippen LogP contribution >= 0.6 is 0 Å². The molecule has 2 aromatic carbocycles. The predicted molar refractivity (Wildman–Crippen MR) is 115 cm³/mol. The molecular formula is C22H27N3O6. The molecular weight excluding hydrogens is 402 g/mol.